The number of hydrogen-bond acceptors (Lipinski definition) is 3. The SMILES string of the molecule is Cc1sc(Br)cc1S(=O)(=O)NCC1CCCC1CBr. The Balaban J connectivity index is 2.04. The molecule has 2 unspecified atom stereocenters. The van der Waals surface area contributed by atoms with Crippen LogP contribution in [-0.4, -0.2) is 20.3 Å². The van der Waals surface area contributed by atoms with Gasteiger partial charge in [-0.25, -0.2) is 13.1 Å². The fourth-order valence-corrected chi connectivity index (χ4v) is 6.94. The highest BCUT2D eigenvalue weighted by Crippen LogP contribution is 2.33. The molecule has 3 nitrogen and oxygen atoms in total. The van der Waals surface area contributed by atoms with Crippen molar-refractivity contribution in [2.24, 2.45) is 11.8 Å². The van der Waals surface area contributed by atoms with Crippen LogP contribution in [0.25, 0.3) is 0 Å². The van der Waals surface area contributed by atoms with Gasteiger partial charge in [0.2, 0.25) is 10.0 Å². The van der Waals surface area contributed by atoms with Gasteiger partial charge < -0.3 is 0 Å². The lowest BCUT2D eigenvalue weighted by Crippen LogP contribution is -2.31. The van der Waals surface area contributed by atoms with Crippen molar-refractivity contribution < 1.29 is 8.42 Å². The van der Waals surface area contributed by atoms with E-state index in [0.717, 1.165) is 20.4 Å². The number of halogens is 2. The Hall–Kier alpha value is 0.570. The molecular formula is C12H17Br2NO2S2. The molecule has 0 saturated heterocycles. The van der Waals surface area contributed by atoms with Gasteiger partial charge in [-0.3, -0.25) is 0 Å². The van der Waals surface area contributed by atoms with E-state index in [1.165, 1.54) is 24.2 Å². The first-order valence-electron chi connectivity index (χ1n) is 6.25. The first kappa shape index (κ1) is 15.9. The molecule has 0 amide bonds. The van der Waals surface area contributed by atoms with Crippen LogP contribution >= 0.6 is 43.2 Å². The Morgan fingerprint density at radius 3 is 2.68 bits per heavy atom. The van der Waals surface area contributed by atoms with Crippen LogP contribution in [-0.2, 0) is 10.0 Å². The van der Waals surface area contributed by atoms with Crippen molar-refractivity contribution in [2.45, 2.75) is 31.1 Å². The van der Waals surface area contributed by atoms with Crippen molar-refractivity contribution in [2.75, 3.05) is 11.9 Å². The van der Waals surface area contributed by atoms with Crippen molar-refractivity contribution >= 4 is 53.2 Å². The summed E-state index contributed by atoms with van der Waals surface area (Å²) in [5.41, 5.74) is 0. The lowest BCUT2D eigenvalue weighted by Gasteiger charge is -2.17. The summed E-state index contributed by atoms with van der Waals surface area (Å²) in [6.45, 7) is 2.38. The van der Waals surface area contributed by atoms with E-state index in [1.54, 1.807) is 6.07 Å². The highest BCUT2D eigenvalue weighted by molar-refractivity contribution is 9.11. The molecule has 2 rings (SSSR count). The van der Waals surface area contributed by atoms with Gasteiger partial charge in [0.25, 0.3) is 0 Å². The van der Waals surface area contributed by atoms with E-state index in [-0.39, 0.29) is 0 Å². The predicted octanol–water partition coefficient (Wildman–Crippen LogP) is 3.91. The summed E-state index contributed by atoms with van der Waals surface area (Å²) in [5.74, 6) is 1.05. The number of rotatable bonds is 5. The van der Waals surface area contributed by atoms with Crippen LogP contribution in [0.1, 0.15) is 24.1 Å². The van der Waals surface area contributed by atoms with Gasteiger partial charge in [0.1, 0.15) is 0 Å². The zero-order valence-corrected chi connectivity index (χ0v) is 15.5. The van der Waals surface area contributed by atoms with Crippen LogP contribution in [0, 0.1) is 18.8 Å². The van der Waals surface area contributed by atoms with Crippen molar-refractivity contribution in [1.82, 2.24) is 4.72 Å². The van der Waals surface area contributed by atoms with Gasteiger partial charge in [-0.05, 0) is 53.6 Å². The van der Waals surface area contributed by atoms with Gasteiger partial charge in [-0.2, -0.15) is 0 Å². The van der Waals surface area contributed by atoms with Crippen LogP contribution < -0.4 is 4.72 Å². The predicted molar refractivity (Wildman–Crippen MR) is 86.6 cm³/mol. The number of hydrogen-bond donors (Lipinski definition) is 1. The monoisotopic (exact) mass is 429 g/mol. The Morgan fingerprint density at radius 2 is 2.11 bits per heavy atom. The maximum Gasteiger partial charge on any atom is 0.241 e. The number of aryl methyl sites for hydroxylation is 1. The maximum absolute atomic E-state index is 12.3. The zero-order valence-electron chi connectivity index (χ0n) is 10.7. The number of thiophene rings is 1. The molecule has 1 aromatic heterocycles. The molecule has 108 valence electrons. The summed E-state index contributed by atoms with van der Waals surface area (Å²) in [7, 11) is -3.37. The third-order valence-electron chi connectivity index (χ3n) is 3.68. The Bertz CT molecular complexity index is 542. The lowest BCUT2D eigenvalue weighted by atomic mass is 9.99. The van der Waals surface area contributed by atoms with Gasteiger partial charge >= 0.3 is 0 Å². The molecule has 2 atom stereocenters. The average molecular weight is 431 g/mol. The van der Waals surface area contributed by atoms with E-state index in [9.17, 15) is 8.42 Å². The number of sulfonamides is 1. The van der Waals surface area contributed by atoms with E-state index in [4.69, 9.17) is 0 Å². The fourth-order valence-electron chi connectivity index (χ4n) is 2.58. The summed E-state index contributed by atoms with van der Waals surface area (Å²) >= 11 is 8.30. The highest BCUT2D eigenvalue weighted by Gasteiger charge is 2.28. The first-order chi connectivity index (χ1) is 8.94. The Kier molecular flexibility index (Phi) is 5.50. The minimum absolute atomic E-state index is 0.401. The Labute approximate surface area is 135 Å². The molecule has 0 spiro atoms. The molecule has 0 bridgehead atoms. The smallest absolute Gasteiger partial charge is 0.211 e. The molecule has 19 heavy (non-hydrogen) atoms. The molecule has 0 radical (unpaired) electrons. The largest absolute Gasteiger partial charge is 0.241 e. The molecular weight excluding hydrogens is 414 g/mol. The molecule has 0 aromatic carbocycles. The van der Waals surface area contributed by atoms with Gasteiger partial charge in [0.15, 0.2) is 0 Å². The van der Waals surface area contributed by atoms with E-state index < -0.39 is 10.0 Å². The zero-order chi connectivity index (χ0) is 14.0. The number of nitrogens with one attached hydrogen (secondary N) is 1. The second-order valence-electron chi connectivity index (χ2n) is 4.93. The van der Waals surface area contributed by atoms with Crippen LogP contribution in [0.3, 0.4) is 0 Å². The Morgan fingerprint density at radius 1 is 1.42 bits per heavy atom. The average Bonchev–Trinajstić information content (AvgIpc) is 2.93. The van der Waals surface area contributed by atoms with Gasteiger partial charge in [-0.1, -0.05) is 22.4 Å². The third-order valence-corrected chi connectivity index (χ3v) is 7.75. The van der Waals surface area contributed by atoms with Crippen LogP contribution in [0.2, 0.25) is 0 Å². The topological polar surface area (TPSA) is 46.2 Å². The maximum atomic E-state index is 12.3. The van der Waals surface area contributed by atoms with Gasteiger partial charge in [0.05, 0.1) is 8.68 Å². The van der Waals surface area contributed by atoms with Crippen molar-refractivity contribution in [1.29, 1.82) is 0 Å². The molecule has 1 heterocycles. The third kappa shape index (κ3) is 3.81. The first-order valence-corrected chi connectivity index (χ1v) is 10.5. The normalized spacial score (nSPS) is 23.9. The van der Waals surface area contributed by atoms with Crippen molar-refractivity contribution in [3.63, 3.8) is 0 Å². The summed E-state index contributed by atoms with van der Waals surface area (Å²) in [6.07, 6.45) is 3.51. The molecule has 1 aliphatic rings. The molecule has 1 N–H and O–H groups in total. The van der Waals surface area contributed by atoms with E-state index >= 15 is 0 Å². The summed E-state index contributed by atoms with van der Waals surface area (Å²) < 4.78 is 28.2. The molecule has 0 aliphatic heterocycles. The molecule has 1 saturated carbocycles. The van der Waals surface area contributed by atoms with E-state index in [1.807, 2.05) is 6.92 Å². The van der Waals surface area contributed by atoms with Crippen molar-refractivity contribution in [3.05, 3.63) is 14.7 Å². The molecule has 1 aliphatic carbocycles. The molecule has 7 heteroatoms. The summed E-state index contributed by atoms with van der Waals surface area (Å²) in [4.78, 5) is 1.22. The standard InChI is InChI=1S/C12H17Br2NO2S2/c1-8-11(5-12(14)18-8)19(16,17)15-7-10-4-2-3-9(10)6-13/h5,9-10,15H,2-4,6-7H2,1H3. The lowest BCUT2D eigenvalue weighted by molar-refractivity contribution is 0.422. The summed E-state index contributed by atoms with van der Waals surface area (Å²) in [6, 6.07) is 1.68. The van der Waals surface area contributed by atoms with Gasteiger partial charge in [-0.15, -0.1) is 11.3 Å². The van der Waals surface area contributed by atoms with Crippen LogP contribution in [0.5, 0.6) is 0 Å². The summed E-state index contributed by atoms with van der Waals surface area (Å²) in [5, 5.41) is 0.961. The van der Waals surface area contributed by atoms with Crippen LogP contribution in [0.15, 0.2) is 14.7 Å². The molecule has 1 fully saturated rings. The quantitative estimate of drug-likeness (QED) is 0.719. The van der Waals surface area contributed by atoms with Crippen LogP contribution in [0.4, 0.5) is 0 Å². The van der Waals surface area contributed by atoms with E-state index in [2.05, 4.69) is 36.6 Å². The minimum atomic E-state index is -3.37. The fraction of sp³-hybridized carbons (Fsp3) is 0.667. The second-order valence-corrected chi connectivity index (χ2v) is 9.95. The second kappa shape index (κ2) is 6.56. The molecule has 1 aromatic rings. The van der Waals surface area contributed by atoms with Crippen molar-refractivity contribution in [3.8, 4) is 0 Å². The number of alkyl halides is 1. The van der Waals surface area contributed by atoms with E-state index in [0.29, 0.717) is 23.3 Å². The van der Waals surface area contributed by atoms with Gasteiger partial charge in [0, 0.05) is 16.8 Å². The minimum Gasteiger partial charge on any atom is -0.211 e. The highest BCUT2D eigenvalue weighted by atomic mass is 79.9.